The Hall–Kier alpha value is -2.28. The van der Waals surface area contributed by atoms with Crippen molar-refractivity contribution in [2.45, 2.75) is 45.1 Å². The fraction of sp³-hybridized carbons (Fsp3) is 0.526. The van der Waals surface area contributed by atoms with Crippen molar-refractivity contribution in [2.24, 2.45) is 0 Å². The lowest BCUT2D eigenvalue weighted by Gasteiger charge is -2.25. The van der Waals surface area contributed by atoms with Crippen molar-refractivity contribution >= 4 is 29.4 Å². The first kappa shape index (κ1) is 21.0. The van der Waals surface area contributed by atoms with Crippen LogP contribution in [-0.4, -0.2) is 48.0 Å². The van der Waals surface area contributed by atoms with Gasteiger partial charge >= 0.3 is 6.03 Å². The smallest absolute Gasteiger partial charge is 0.325 e. The Balaban J connectivity index is 1.81. The summed E-state index contributed by atoms with van der Waals surface area (Å²) < 4.78 is 5.49. The van der Waals surface area contributed by atoms with Gasteiger partial charge in [-0.2, -0.15) is 0 Å². The van der Waals surface area contributed by atoms with E-state index in [1.165, 1.54) is 0 Å². The SMILES string of the molecule is CCCC1(CCC)NC(=O)N(CC(=O)NCCOc2ccc(Cl)cc2)C1=O. The summed E-state index contributed by atoms with van der Waals surface area (Å²) in [5.41, 5.74) is -0.876. The molecule has 4 amide bonds. The quantitative estimate of drug-likeness (QED) is 0.471. The van der Waals surface area contributed by atoms with Crippen molar-refractivity contribution in [3.8, 4) is 5.75 Å². The van der Waals surface area contributed by atoms with Crippen molar-refractivity contribution in [2.75, 3.05) is 19.7 Å². The maximum Gasteiger partial charge on any atom is 0.325 e. The lowest BCUT2D eigenvalue weighted by atomic mass is 9.88. The topological polar surface area (TPSA) is 87.7 Å². The molecule has 0 aliphatic carbocycles. The lowest BCUT2D eigenvalue weighted by molar-refractivity contribution is -0.135. The minimum Gasteiger partial charge on any atom is -0.492 e. The summed E-state index contributed by atoms with van der Waals surface area (Å²) in [5, 5.41) is 6.07. The Kier molecular flexibility index (Phi) is 7.47. The molecule has 1 aromatic rings. The summed E-state index contributed by atoms with van der Waals surface area (Å²) in [5.74, 6) is -0.0718. The molecule has 0 atom stereocenters. The van der Waals surface area contributed by atoms with Crippen LogP contribution in [0.25, 0.3) is 0 Å². The van der Waals surface area contributed by atoms with Gasteiger partial charge in [0, 0.05) is 5.02 Å². The van der Waals surface area contributed by atoms with E-state index in [9.17, 15) is 14.4 Å². The molecule has 8 heteroatoms. The summed E-state index contributed by atoms with van der Waals surface area (Å²) in [6.07, 6.45) is 2.68. The van der Waals surface area contributed by atoms with E-state index in [1.807, 2.05) is 13.8 Å². The Bertz CT molecular complexity index is 672. The van der Waals surface area contributed by atoms with E-state index < -0.39 is 17.5 Å². The number of carbonyl (C=O) groups excluding carboxylic acids is 3. The van der Waals surface area contributed by atoms with E-state index >= 15 is 0 Å². The molecule has 1 fully saturated rings. The first-order chi connectivity index (χ1) is 12.9. The second-order valence-corrected chi connectivity index (χ2v) is 6.99. The zero-order chi connectivity index (χ0) is 19.9. The van der Waals surface area contributed by atoms with Crippen molar-refractivity contribution in [3.05, 3.63) is 29.3 Å². The molecule has 7 nitrogen and oxygen atoms in total. The third-order valence-electron chi connectivity index (χ3n) is 4.41. The van der Waals surface area contributed by atoms with E-state index in [0.717, 1.165) is 17.7 Å². The number of ether oxygens (including phenoxy) is 1. The molecule has 2 rings (SSSR count). The Morgan fingerprint density at radius 3 is 2.41 bits per heavy atom. The van der Waals surface area contributed by atoms with E-state index in [4.69, 9.17) is 16.3 Å². The van der Waals surface area contributed by atoms with Crippen LogP contribution in [0.15, 0.2) is 24.3 Å². The molecular weight excluding hydrogens is 370 g/mol. The van der Waals surface area contributed by atoms with Gasteiger partial charge in [-0.05, 0) is 37.1 Å². The van der Waals surface area contributed by atoms with Gasteiger partial charge in [-0.15, -0.1) is 0 Å². The van der Waals surface area contributed by atoms with Crippen LogP contribution in [0.5, 0.6) is 5.75 Å². The third kappa shape index (κ3) is 5.35. The van der Waals surface area contributed by atoms with Gasteiger partial charge in [0.05, 0.1) is 6.54 Å². The number of rotatable bonds is 10. The van der Waals surface area contributed by atoms with Gasteiger partial charge in [0.2, 0.25) is 5.91 Å². The van der Waals surface area contributed by atoms with Gasteiger partial charge in [-0.1, -0.05) is 38.3 Å². The highest BCUT2D eigenvalue weighted by Gasteiger charge is 2.50. The van der Waals surface area contributed by atoms with Gasteiger partial charge in [-0.3, -0.25) is 14.5 Å². The Morgan fingerprint density at radius 1 is 1.19 bits per heavy atom. The van der Waals surface area contributed by atoms with Crippen molar-refractivity contribution in [3.63, 3.8) is 0 Å². The molecule has 1 aromatic carbocycles. The molecule has 0 aromatic heterocycles. The molecule has 0 bridgehead atoms. The summed E-state index contributed by atoms with van der Waals surface area (Å²) in [6.45, 7) is 4.17. The number of nitrogens with zero attached hydrogens (tertiary/aromatic N) is 1. The van der Waals surface area contributed by atoms with Gasteiger partial charge in [0.15, 0.2) is 0 Å². The highest BCUT2D eigenvalue weighted by Crippen LogP contribution is 2.27. The van der Waals surface area contributed by atoms with Crippen LogP contribution in [0, 0.1) is 0 Å². The minimum atomic E-state index is -0.876. The molecule has 1 aliphatic rings. The van der Waals surface area contributed by atoms with Crippen LogP contribution >= 0.6 is 11.6 Å². The second-order valence-electron chi connectivity index (χ2n) is 6.56. The first-order valence-electron chi connectivity index (χ1n) is 9.21. The van der Waals surface area contributed by atoms with E-state index in [2.05, 4.69) is 10.6 Å². The molecule has 1 aliphatic heterocycles. The highest BCUT2D eigenvalue weighted by molar-refractivity contribution is 6.30. The zero-order valence-corrected chi connectivity index (χ0v) is 16.5. The average Bonchev–Trinajstić information content (AvgIpc) is 2.85. The second kappa shape index (κ2) is 9.60. The van der Waals surface area contributed by atoms with E-state index in [0.29, 0.717) is 23.6 Å². The molecule has 1 heterocycles. The molecule has 148 valence electrons. The van der Waals surface area contributed by atoms with Gasteiger partial charge in [0.25, 0.3) is 5.91 Å². The van der Waals surface area contributed by atoms with Gasteiger partial charge < -0.3 is 15.4 Å². The molecule has 0 radical (unpaired) electrons. The predicted octanol–water partition coefficient (Wildman–Crippen LogP) is 2.73. The number of amides is 4. The van der Waals surface area contributed by atoms with Crippen LogP contribution in [0.2, 0.25) is 5.02 Å². The number of imide groups is 1. The first-order valence-corrected chi connectivity index (χ1v) is 9.59. The maximum atomic E-state index is 12.7. The fourth-order valence-corrected chi connectivity index (χ4v) is 3.35. The van der Waals surface area contributed by atoms with Crippen LogP contribution < -0.4 is 15.4 Å². The van der Waals surface area contributed by atoms with Crippen LogP contribution in [0.1, 0.15) is 39.5 Å². The standard InChI is InChI=1S/C19H26ClN3O4/c1-3-9-19(10-4-2)17(25)23(18(26)22-19)13-16(24)21-11-12-27-15-7-5-14(20)6-8-15/h5-8H,3-4,9-13H2,1-2H3,(H,21,24)(H,22,26). The number of nitrogens with one attached hydrogen (secondary N) is 2. The molecule has 1 saturated heterocycles. The molecular formula is C19H26ClN3O4. The highest BCUT2D eigenvalue weighted by atomic mass is 35.5. The van der Waals surface area contributed by atoms with Crippen molar-refractivity contribution < 1.29 is 19.1 Å². The molecule has 0 unspecified atom stereocenters. The summed E-state index contributed by atoms with van der Waals surface area (Å²) >= 11 is 5.80. The van der Waals surface area contributed by atoms with Crippen LogP contribution in [0.4, 0.5) is 4.79 Å². The zero-order valence-electron chi connectivity index (χ0n) is 15.7. The predicted molar refractivity (Wildman–Crippen MR) is 103 cm³/mol. The lowest BCUT2D eigenvalue weighted by Crippen LogP contribution is -2.47. The van der Waals surface area contributed by atoms with Gasteiger partial charge in [-0.25, -0.2) is 4.79 Å². The summed E-state index contributed by atoms with van der Waals surface area (Å²) in [4.78, 5) is 38.0. The largest absolute Gasteiger partial charge is 0.492 e. The van der Waals surface area contributed by atoms with Crippen molar-refractivity contribution in [1.29, 1.82) is 0 Å². The number of halogens is 1. The number of hydrogen-bond acceptors (Lipinski definition) is 4. The average molecular weight is 396 g/mol. The number of hydrogen-bond donors (Lipinski definition) is 2. The summed E-state index contributed by atoms with van der Waals surface area (Å²) in [6, 6.07) is 6.39. The monoisotopic (exact) mass is 395 g/mol. The Morgan fingerprint density at radius 2 is 1.81 bits per heavy atom. The molecule has 2 N–H and O–H groups in total. The number of carbonyl (C=O) groups is 3. The van der Waals surface area contributed by atoms with Gasteiger partial charge in [0.1, 0.15) is 24.4 Å². The normalized spacial score (nSPS) is 15.6. The molecule has 0 saturated carbocycles. The van der Waals surface area contributed by atoms with E-state index in [-0.39, 0.29) is 25.6 Å². The summed E-state index contributed by atoms with van der Waals surface area (Å²) in [7, 11) is 0. The molecule has 27 heavy (non-hydrogen) atoms. The van der Waals surface area contributed by atoms with Crippen LogP contribution in [-0.2, 0) is 9.59 Å². The maximum absolute atomic E-state index is 12.7. The minimum absolute atomic E-state index is 0.264. The fourth-order valence-electron chi connectivity index (χ4n) is 3.23. The molecule has 0 spiro atoms. The third-order valence-corrected chi connectivity index (χ3v) is 4.66. The Labute approximate surface area is 164 Å². The van der Waals surface area contributed by atoms with E-state index in [1.54, 1.807) is 24.3 Å². The van der Waals surface area contributed by atoms with Crippen molar-refractivity contribution in [1.82, 2.24) is 15.5 Å². The van der Waals surface area contributed by atoms with Crippen LogP contribution in [0.3, 0.4) is 0 Å². The number of urea groups is 1. The number of benzene rings is 1.